The molecule has 1 aliphatic heterocycles. The monoisotopic (exact) mass is 391 g/mol. The van der Waals surface area contributed by atoms with Crippen LogP contribution in [-0.4, -0.2) is 52.7 Å². The molecule has 0 spiro atoms. The Morgan fingerprint density at radius 3 is 2.22 bits per heavy atom. The molecule has 0 unspecified atom stereocenters. The number of amides is 2. The molecule has 0 atom stereocenters. The number of carbonyl (C=O) groups is 2. The van der Waals surface area contributed by atoms with E-state index in [1.54, 1.807) is 0 Å². The molecular formula is C18H15ClFN3O4. The molecule has 9 heteroatoms. The first-order valence-electron chi connectivity index (χ1n) is 8.15. The second-order valence-electron chi connectivity index (χ2n) is 6.01. The van der Waals surface area contributed by atoms with E-state index in [4.69, 9.17) is 11.6 Å². The molecule has 140 valence electrons. The summed E-state index contributed by atoms with van der Waals surface area (Å²) in [5.41, 5.74) is -0.164. The van der Waals surface area contributed by atoms with Crippen LogP contribution < -0.4 is 0 Å². The van der Waals surface area contributed by atoms with Crippen molar-refractivity contribution in [1.82, 2.24) is 9.80 Å². The molecule has 2 aromatic rings. The number of hydrogen-bond acceptors (Lipinski definition) is 4. The van der Waals surface area contributed by atoms with Gasteiger partial charge in [0, 0.05) is 42.8 Å². The summed E-state index contributed by atoms with van der Waals surface area (Å²) in [6, 6.07) is 9.29. The summed E-state index contributed by atoms with van der Waals surface area (Å²) in [6.07, 6.45) is 0. The molecule has 1 saturated heterocycles. The van der Waals surface area contributed by atoms with Crippen LogP contribution in [0.4, 0.5) is 10.1 Å². The van der Waals surface area contributed by atoms with Crippen LogP contribution in [0.15, 0.2) is 42.5 Å². The molecular weight excluding hydrogens is 377 g/mol. The van der Waals surface area contributed by atoms with Gasteiger partial charge in [0.1, 0.15) is 11.4 Å². The van der Waals surface area contributed by atoms with Crippen LogP contribution in [0.2, 0.25) is 5.02 Å². The first-order chi connectivity index (χ1) is 12.9. The lowest BCUT2D eigenvalue weighted by Crippen LogP contribution is -2.50. The minimum atomic E-state index is -0.650. The Bertz CT molecular complexity index is 913. The van der Waals surface area contributed by atoms with Gasteiger partial charge in [0.2, 0.25) is 0 Å². The first kappa shape index (κ1) is 18.8. The van der Waals surface area contributed by atoms with Gasteiger partial charge in [-0.05, 0) is 30.3 Å². The topological polar surface area (TPSA) is 83.8 Å². The van der Waals surface area contributed by atoms with Crippen LogP contribution in [-0.2, 0) is 0 Å². The van der Waals surface area contributed by atoms with Crippen molar-refractivity contribution in [2.45, 2.75) is 0 Å². The van der Waals surface area contributed by atoms with E-state index in [9.17, 15) is 24.1 Å². The Hall–Kier alpha value is -3.00. The maximum absolute atomic E-state index is 13.3. The van der Waals surface area contributed by atoms with Crippen LogP contribution in [0.3, 0.4) is 0 Å². The van der Waals surface area contributed by atoms with Crippen molar-refractivity contribution in [2.75, 3.05) is 26.2 Å². The standard InChI is InChI=1S/C18H15ClFN3O4/c19-13-4-5-15(16(11-13)23(26)27)18(25)22-8-6-21(7-9-22)17(24)12-2-1-3-14(20)10-12/h1-5,10-11H,6-9H2. The third kappa shape index (κ3) is 4.06. The second kappa shape index (κ2) is 7.71. The smallest absolute Gasteiger partial charge is 0.283 e. The average molecular weight is 392 g/mol. The summed E-state index contributed by atoms with van der Waals surface area (Å²) >= 11 is 5.77. The number of nitrogens with zero attached hydrogens (tertiary/aromatic N) is 3. The van der Waals surface area contributed by atoms with E-state index in [1.807, 2.05) is 0 Å². The van der Waals surface area contributed by atoms with Crippen molar-refractivity contribution < 1.29 is 18.9 Å². The zero-order valence-corrected chi connectivity index (χ0v) is 14.9. The van der Waals surface area contributed by atoms with Gasteiger partial charge in [-0.15, -0.1) is 0 Å². The van der Waals surface area contributed by atoms with Gasteiger partial charge in [-0.3, -0.25) is 19.7 Å². The predicted molar refractivity (Wildman–Crippen MR) is 96.3 cm³/mol. The highest BCUT2D eigenvalue weighted by molar-refractivity contribution is 6.31. The molecule has 27 heavy (non-hydrogen) atoms. The molecule has 1 fully saturated rings. The summed E-state index contributed by atoms with van der Waals surface area (Å²) in [5, 5.41) is 11.3. The number of halogens is 2. The van der Waals surface area contributed by atoms with Crippen LogP contribution in [0, 0.1) is 15.9 Å². The first-order valence-corrected chi connectivity index (χ1v) is 8.52. The van der Waals surface area contributed by atoms with Crippen molar-refractivity contribution in [3.05, 3.63) is 74.5 Å². The van der Waals surface area contributed by atoms with Gasteiger partial charge in [-0.2, -0.15) is 0 Å². The lowest BCUT2D eigenvalue weighted by Gasteiger charge is -2.34. The van der Waals surface area contributed by atoms with Gasteiger partial charge < -0.3 is 9.80 Å². The molecule has 2 aromatic carbocycles. The maximum Gasteiger partial charge on any atom is 0.283 e. The fourth-order valence-corrected chi connectivity index (χ4v) is 3.09. The molecule has 2 amide bonds. The maximum atomic E-state index is 13.3. The van der Waals surface area contributed by atoms with Crippen LogP contribution in [0.1, 0.15) is 20.7 Å². The molecule has 7 nitrogen and oxygen atoms in total. The fourth-order valence-electron chi connectivity index (χ4n) is 2.92. The summed E-state index contributed by atoms with van der Waals surface area (Å²) in [6.45, 7) is 0.949. The van der Waals surface area contributed by atoms with Crippen molar-refractivity contribution in [2.24, 2.45) is 0 Å². The van der Waals surface area contributed by atoms with Gasteiger partial charge in [-0.1, -0.05) is 17.7 Å². The van der Waals surface area contributed by atoms with Crippen LogP contribution in [0.5, 0.6) is 0 Å². The number of carbonyl (C=O) groups excluding carboxylic acids is 2. The highest BCUT2D eigenvalue weighted by Crippen LogP contribution is 2.25. The van der Waals surface area contributed by atoms with Gasteiger partial charge in [0.15, 0.2) is 0 Å². The van der Waals surface area contributed by atoms with E-state index in [-0.39, 0.29) is 53.9 Å². The zero-order valence-electron chi connectivity index (χ0n) is 14.1. The SMILES string of the molecule is O=C(c1cccc(F)c1)N1CCN(C(=O)c2ccc(Cl)cc2[N+](=O)[O-])CC1. The van der Waals surface area contributed by atoms with Gasteiger partial charge in [0.05, 0.1) is 4.92 Å². The Kier molecular flexibility index (Phi) is 5.36. The highest BCUT2D eigenvalue weighted by atomic mass is 35.5. The summed E-state index contributed by atoms with van der Waals surface area (Å²) in [5.74, 6) is -1.31. The minimum Gasteiger partial charge on any atom is -0.335 e. The van der Waals surface area contributed by atoms with Gasteiger partial charge in [0.25, 0.3) is 17.5 Å². The van der Waals surface area contributed by atoms with Crippen LogP contribution >= 0.6 is 11.6 Å². The number of rotatable bonds is 3. The number of piperazine rings is 1. The normalized spacial score (nSPS) is 14.1. The summed E-state index contributed by atoms with van der Waals surface area (Å²) < 4.78 is 13.3. The van der Waals surface area contributed by atoms with Gasteiger partial charge >= 0.3 is 0 Å². The highest BCUT2D eigenvalue weighted by Gasteiger charge is 2.29. The van der Waals surface area contributed by atoms with Crippen molar-refractivity contribution >= 4 is 29.1 Å². The van der Waals surface area contributed by atoms with E-state index in [0.717, 1.165) is 12.1 Å². The molecule has 1 heterocycles. The molecule has 0 aliphatic carbocycles. The third-order valence-corrected chi connectivity index (χ3v) is 4.55. The Morgan fingerprint density at radius 2 is 1.63 bits per heavy atom. The summed E-state index contributed by atoms with van der Waals surface area (Å²) in [7, 11) is 0. The Balaban J connectivity index is 1.70. The quantitative estimate of drug-likeness (QED) is 0.594. The number of benzene rings is 2. The molecule has 1 aliphatic rings. The predicted octanol–water partition coefficient (Wildman–Crippen LogP) is 2.99. The van der Waals surface area contributed by atoms with E-state index >= 15 is 0 Å². The van der Waals surface area contributed by atoms with Crippen LogP contribution in [0.25, 0.3) is 0 Å². The van der Waals surface area contributed by atoms with E-state index in [1.165, 1.54) is 40.1 Å². The zero-order chi connectivity index (χ0) is 19.6. The number of nitro groups is 1. The second-order valence-corrected chi connectivity index (χ2v) is 6.45. The third-order valence-electron chi connectivity index (χ3n) is 4.31. The molecule has 0 aromatic heterocycles. The molecule has 0 radical (unpaired) electrons. The molecule has 0 bridgehead atoms. The molecule has 0 saturated carbocycles. The number of nitro benzene ring substituents is 1. The van der Waals surface area contributed by atoms with E-state index in [0.29, 0.717) is 0 Å². The Morgan fingerprint density at radius 1 is 1.00 bits per heavy atom. The van der Waals surface area contributed by atoms with Crippen molar-refractivity contribution in [3.63, 3.8) is 0 Å². The minimum absolute atomic E-state index is 0.0469. The molecule has 0 N–H and O–H groups in total. The number of hydrogen-bond donors (Lipinski definition) is 0. The summed E-state index contributed by atoms with van der Waals surface area (Å²) in [4.78, 5) is 38.6. The van der Waals surface area contributed by atoms with E-state index in [2.05, 4.69) is 0 Å². The average Bonchev–Trinajstić information content (AvgIpc) is 2.67. The van der Waals surface area contributed by atoms with E-state index < -0.39 is 16.6 Å². The largest absolute Gasteiger partial charge is 0.335 e. The lowest BCUT2D eigenvalue weighted by atomic mass is 10.1. The Labute approximate surface area is 159 Å². The fraction of sp³-hybridized carbons (Fsp3) is 0.222. The van der Waals surface area contributed by atoms with Gasteiger partial charge in [-0.25, -0.2) is 4.39 Å². The lowest BCUT2D eigenvalue weighted by molar-refractivity contribution is -0.385. The van der Waals surface area contributed by atoms with Crippen molar-refractivity contribution in [1.29, 1.82) is 0 Å². The van der Waals surface area contributed by atoms with Crippen molar-refractivity contribution in [3.8, 4) is 0 Å². The molecule has 3 rings (SSSR count).